The number of ether oxygens (including phenoxy) is 1. The predicted molar refractivity (Wildman–Crippen MR) is 71.5 cm³/mol. The Bertz CT molecular complexity index is 519. The molecule has 0 spiro atoms. The number of halogens is 1. The van der Waals surface area contributed by atoms with Crippen LogP contribution < -0.4 is 5.32 Å². The first-order chi connectivity index (χ1) is 8.81. The van der Waals surface area contributed by atoms with Gasteiger partial charge in [-0.15, -0.1) is 0 Å². The van der Waals surface area contributed by atoms with Gasteiger partial charge in [0.05, 0.1) is 12.8 Å². The monoisotopic (exact) mass is 263 g/mol. The summed E-state index contributed by atoms with van der Waals surface area (Å²) in [6.45, 7) is 1.24. The molecule has 0 fully saturated rings. The van der Waals surface area contributed by atoms with Crippen molar-refractivity contribution in [2.75, 3.05) is 12.4 Å². The fraction of sp³-hybridized carbons (Fsp3) is 0.231. The minimum absolute atomic E-state index is 0.515. The third kappa shape index (κ3) is 3.18. The van der Waals surface area contributed by atoms with Gasteiger partial charge in [-0.3, -0.25) is 0 Å². The summed E-state index contributed by atoms with van der Waals surface area (Å²) in [6, 6.07) is 8.09. The fourth-order valence-electron chi connectivity index (χ4n) is 1.65. The second kappa shape index (κ2) is 6.33. The SMILES string of the molecule is COCc1ccccc1CNc1ncncc1Cl. The molecule has 0 aliphatic rings. The molecule has 1 aromatic heterocycles. The fourth-order valence-corrected chi connectivity index (χ4v) is 1.82. The third-order valence-electron chi connectivity index (χ3n) is 2.53. The Kier molecular flexibility index (Phi) is 4.50. The number of methoxy groups -OCH3 is 1. The number of aromatic nitrogens is 2. The molecule has 0 aliphatic heterocycles. The Morgan fingerprint density at radius 1 is 1.28 bits per heavy atom. The van der Waals surface area contributed by atoms with Gasteiger partial charge in [0, 0.05) is 13.7 Å². The molecule has 1 heterocycles. The van der Waals surface area contributed by atoms with Gasteiger partial charge in [0.25, 0.3) is 0 Å². The summed E-state index contributed by atoms with van der Waals surface area (Å²) in [6.07, 6.45) is 3.03. The van der Waals surface area contributed by atoms with Crippen molar-refractivity contribution in [2.24, 2.45) is 0 Å². The van der Waals surface area contributed by atoms with Crippen molar-refractivity contribution in [3.05, 3.63) is 52.9 Å². The van der Waals surface area contributed by atoms with Crippen LogP contribution in [0.25, 0.3) is 0 Å². The van der Waals surface area contributed by atoms with Gasteiger partial charge in [0.1, 0.15) is 17.2 Å². The van der Waals surface area contributed by atoms with Crippen LogP contribution in [0, 0.1) is 0 Å². The van der Waals surface area contributed by atoms with E-state index in [2.05, 4.69) is 21.4 Å². The second-order valence-electron chi connectivity index (χ2n) is 3.77. The lowest BCUT2D eigenvalue weighted by Gasteiger charge is -2.10. The van der Waals surface area contributed by atoms with Crippen LogP contribution in [0.2, 0.25) is 5.02 Å². The lowest BCUT2D eigenvalue weighted by atomic mass is 10.1. The van der Waals surface area contributed by atoms with E-state index in [1.54, 1.807) is 13.3 Å². The molecule has 0 unspecified atom stereocenters. The number of benzene rings is 1. The van der Waals surface area contributed by atoms with Crippen LogP contribution in [0.5, 0.6) is 0 Å². The van der Waals surface area contributed by atoms with Crippen molar-refractivity contribution in [1.29, 1.82) is 0 Å². The van der Waals surface area contributed by atoms with E-state index < -0.39 is 0 Å². The van der Waals surface area contributed by atoms with Gasteiger partial charge in [-0.1, -0.05) is 35.9 Å². The van der Waals surface area contributed by atoms with Crippen molar-refractivity contribution in [2.45, 2.75) is 13.2 Å². The Morgan fingerprint density at radius 3 is 2.78 bits per heavy atom. The topological polar surface area (TPSA) is 47.0 Å². The molecule has 2 aromatic rings. The largest absolute Gasteiger partial charge is 0.380 e. The van der Waals surface area contributed by atoms with Gasteiger partial charge in [-0.2, -0.15) is 0 Å². The van der Waals surface area contributed by atoms with Crippen LogP contribution >= 0.6 is 11.6 Å². The van der Waals surface area contributed by atoms with E-state index in [9.17, 15) is 0 Å². The molecule has 0 radical (unpaired) electrons. The van der Waals surface area contributed by atoms with E-state index in [4.69, 9.17) is 16.3 Å². The van der Waals surface area contributed by atoms with E-state index in [0.717, 1.165) is 11.1 Å². The molecular weight excluding hydrogens is 250 g/mol. The highest BCUT2D eigenvalue weighted by atomic mass is 35.5. The standard InChI is InChI=1S/C13H14ClN3O/c1-18-8-11-5-3-2-4-10(11)6-16-13-12(14)7-15-9-17-13/h2-5,7,9H,6,8H2,1H3,(H,15,16,17). The van der Waals surface area contributed by atoms with Gasteiger partial charge >= 0.3 is 0 Å². The maximum absolute atomic E-state index is 5.98. The zero-order valence-corrected chi connectivity index (χ0v) is 10.8. The Labute approximate surface area is 111 Å². The van der Waals surface area contributed by atoms with Crippen LogP contribution in [-0.2, 0) is 17.9 Å². The van der Waals surface area contributed by atoms with Crippen molar-refractivity contribution >= 4 is 17.4 Å². The maximum atomic E-state index is 5.98. The molecular formula is C13H14ClN3O. The van der Waals surface area contributed by atoms with Gasteiger partial charge < -0.3 is 10.1 Å². The molecule has 0 saturated carbocycles. The summed E-state index contributed by atoms with van der Waals surface area (Å²) < 4.78 is 5.16. The molecule has 0 atom stereocenters. The number of nitrogens with one attached hydrogen (secondary N) is 1. The number of rotatable bonds is 5. The minimum Gasteiger partial charge on any atom is -0.380 e. The highest BCUT2D eigenvalue weighted by Crippen LogP contribution is 2.18. The van der Waals surface area contributed by atoms with Crippen molar-refractivity contribution < 1.29 is 4.74 Å². The quantitative estimate of drug-likeness (QED) is 0.901. The summed E-state index contributed by atoms with van der Waals surface area (Å²) >= 11 is 5.98. The summed E-state index contributed by atoms with van der Waals surface area (Å²) in [5, 5.41) is 3.70. The highest BCUT2D eigenvalue weighted by molar-refractivity contribution is 6.32. The summed E-state index contributed by atoms with van der Waals surface area (Å²) in [5.41, 5.74) is 2.31. The minimum atomic E-state index is 0.515. The van der Waals surface area contributed by atoms with Crippen LogP contribution in [0.3, 0.4) is 0 Å². The highest BCUT2D eigenvalue weighted by Gasteiger charge is 2.04. The van der Waals surface area contributed by atoms with Crippen LogP contribution in [0.1, 0.15) is 11.1 Å². The molecule has 4 nitrogen and oxygen atoms in total. The van der Waals surface area contributed by atoms with Gasteiger partial charge in [0.15, 0.2) is 0 Å². The van der Waals surface area contributed by atoms with Crippen molar-refractivity contribution in [3.8, 4) is 0 Å². The van der Waals surface area contributed by atoms with Gasteiger partial charge in [0.2, 0.25) is 0 Å². The van der Waals surface area contributed by atoms with Crippen LogP contribution in [0.4, 0.5) is 5.82 Å². The van der Waals surface area contributed by atoms with E-state index in [0.29, 0.717) is 24.0 Å². The third-order valence-corrected chi connectivity index (χ3v) is 2.81. The van der Waals surface area contributed by atoms with E-state index in [-0.39, 0.29) is 0 Å². The van der Waals surface area contributed by atoms with E-state index in [1.807, 2.05) is 18.2 Å². The van der Waals surface area contributed by atoms with Crippen molar-refractivity contribution in [1.82, 2.24) is 9.97 Å². The Morgan fingerprint density at radius 2 is 2.06 bits per heavy atom. The normalized spacial score (nSPS) is 10.3. The summed E-state index contributed by atoms with van der Waals surface area (Å²) in [7, 11) is 1.69. The molecule has 0 bridgehead atoms. The number of hydrogen-bond acceptors (Lipinski definition) is 4. The molecule has 0 saturated heterocycles. The average Bonchev–Trinajstić information content (AvgIpc) is 2.40. The molecule has 0 amide bonds. The predicted octanol–water partition coefficient (Wildman–Crippen LogP) is 2.89. The molecule has 2 rings (SSSR count). The number of nitrogens with zero attached hydrogens (tertiary/aromatic N) is 2. The van der Waals surface area contributed by atoms with E-state index in [1.165, 1.54) is 6.33 Å². The number of anilines is 1. The average molecular weight is 264 g/mol. The first kappa shape index (κ1) is 12.8. The smallest absolute Gasteiger partial charge is 0.148 e. The second-order valence-corrected chi connectivity index (χ2v) is 4.18. The Hall–Kier alpha value is -1.65. The first-order valence-electron chi connectivity index (χ1n) is 5.56. The molecule has 94 valence electrons. The maximum Gasteiger partial charge on any atom is 0.148 e. The molecule has 18 heavy (non-hydrogen) atoms. The lowest BCUT2D eigenvalue weighted by molar-refractivity contribution is 0.184. The molecule has 1 aromatic carbocycles. The van der Waals surface area contributed by atoms with Crippen LogP contribution in [-0.4, -0.2) is 17.1 Å². The van der Waals surface area contributed by atoms with Crippen molar-refractivity contribution in [3.63, 3.8) is 0 Å². The summed E-state index contributed by atoms with van der Waals surface area (Å²) in [5.74, 6) is 0.638. The van der Waals surface area contributed by atoms with Gasteiger partial charge in [-0.05, 0) is 11.1 Å². The van der Waals surface area contributed by atoms with Gasteiger partial charge in [-0.25, -0.2) is 9.97 Å². The zero-order valence-electron chi connectivity index (χ0n) is 10.1. The van der Waals surface area contributed by atoms with Crippen LogP contribution in [0.15, 0.2) is 36.8 Å². The zero-order chi connectivity index (χ0) is 12.8. The lowest BCUT2D eigenvalue weighted by Crippen LogP contribution is -2.05. The first-order valence-corrected chi connectivity index (χ1v) is 5.94. The molecule has 0 aliphatic carbocycles. The van der Waals surface area contributed by atoms with E-state index >= 15 is 0 Å². The molecule has 1 N–H and O–H groups in total. The number of hydrogen-bond donors (Lipinski definition) is 1. The summed E-state index contributed by atoms with van der Waals surface area (Å²) in [4.78, 5) is 7.93. The molecule has 5 heteroatoms. The Balaban J connectivity index is 2.08.